The van der Waals surface area contributed by atoms with Crippen molar-refractivity contribution >= 4 is 34.6 Å². The number of rotatable bonds is 5. The predicted octanol–water partition coefficient (Wildman–Crippen LogP) is 1.90. The highest BCUT2D eigenvalue weighted by atomic mass is 32.2. The van der Waals surface area contributed by atoms with Gasteiger partial charge in [-0.3, -0.25) is 19.5 Å². The molecule has 2 N–H and O–H groups in total. The van der Waals surface area contributed by atoms with Crippen LogP contribution in [0.2, 0.25) is 0 Å². The largest absolute Gasteiger partial charge is 0.405 e. The van der Waals surface area contributed by atoms with Gasteiger partial charge in [-0.1, -0.05) is 23.9 Å². The van der Waals surface area contributed by atoms with E-state index in [1.165, 1.54) is 9.88 Å². The van der Waals surface area contributed by atoms with Crippen molar-refractivity contribution in [1.82, 2.24) is 20.2 Å². The molecule has 0 aliphatic carbocycles. The molecule has 140 valence electrons. The molecule has 3 amide bonds. The molecule has 0 bridgehead atoms. The lowest BCUT2D eigenvalue weighted by atomic mass is 10.2. The Morgan fingerprint density at radius 2 is 1.96 bits per heavy atom. The van der Waals surface area contributed by atoms with Crippen molar-refractivity contribution in [2.75, 3.05) is 12.3 Å². The molecule has 1 heterocycles. The molecule has 2 aromatic rings. The van der Waals surface area contributed by atoms with Crippen LogP contribution >= 0.6 is 11.8 Å². The monoisotopic (exact) mass is 388 g/mol. The first-order chi connectivity index (χ1) is 12.2. The number of hydrogen-bond donors (Lipinski definition) is 2. The van der Waals surface area contributed by atoms with Crippen LogP contribution in [0.15, 0.2) is 34.2 Å². The second kappa shape index (κ2) is 8.21. The SMILES string of the molecule is CCn1c(SCC(=O)NC(=O)NCC(F)(F)F)nc2ccccc2c1=O. The van der Waals surface area contributed by atoms with E-state index in [0.29, 0.717) is 17.4 Å². The maximum absolute atomic E-state index is 12.4. The van der Waals surface area contributed by atoms with E-state index in [-0.39, 0.29) is 16.5 Å². The molecule has 7 nitrogen and oxygen atoms in total. The topological polar surface area (TPSA) is 93.1 Å². The van der Waals surface area contributed by atoms with Gasteiger partial charge < -0.3 is 5.32 Å². The number of benzene rings is 1. The summed E-state index contributed by atoms with van der Waals surface area (Å²) in [4.78, 5) is 39.7. The van der Waals surface area contributed by atoms with Gasteiger partial charge in [-0.05, 0) is 19.1 Å². The van der Waals surface area contributed by atoms with Gasteiger partial charge >= 0.3 is 12.2 Å². The summed E-state index contributed by atoms with van der Waals surface area (Å²) in [6, 6.07) is 5.49. The van der Waals surface area contributed by atoms with Crippen LogP contribution in [0.3, 0.4) is 0 Å². The second-order valence-corrected chi connectivity index (χ2v) is 6.04. The number of urea groups is 1. The number of carbonyl (C=O) groups is 2. The van der Waals surface area contributed by atoms with Gasteiger partial charge in [-0.25, -0.2) is 9.78 Å². The Morgan fingerprint density at radius 1 is 1.27 bits per heavy atom. The van der Waals surface area contributed by atoms with Crippen molar-refractivity contribution < 1.29 is 22.8 Å². The molecular formula is C15H15F3N4O3S. The molecule has 0 fully saturated rings. The summed E-state index contributed by atoms with van der Waals surface area (Å²) < 4.78 is 37.4. The fraction of sp³-hybridized carbons (Fsp3) is 0.333. The number of halogens is 3. The fourth-order valence-corrected chi connectivity index (χ4v) is 2.92. The molecule has 0 unspecified atom stereocenters. The van der Waals surface area contributed by atoms with Crippen molar-refractivity contribution in [3.63, 3.8) is 0 Å². The van der Waals surface area contributed by atoms with E-state index in [9.17, 15) is 27.6 Å². The Hall–Kier alpha value is -2.56. The number of para-hydroxylation sites is 1. The van der Waals surface area contributed by atoms with E-state index in [1.807, 2.05) is 0 Å². The molecular weight excluding hydrogens is 373 g/mol. The number of aromatic nitrogens is 2. The standard InChI is InChI=1S/C15H15F3N4O3S/c1-2-22-12(24)9-5-3-4-6-10(9)20-14(22)26-7-11(23)21-13(25)19-8-15(16,17)18/h3-6H,2,7-8H2,1H3,(H2,19,21,23,25). The van der Waals surface area contributed by atoms with Gasteiger partial charge in [0, 0.05) is 6.54 Å². The number of imide groups is 1. The number of nitrogens with one attached hydrogen (secondary N) is 2. The van der Waals surface area contributed by atoms with Crippen molar-refractivity contribution in [2.24, 2.45) is 0 Å². The van der Waals surface area contributed by atoms with Crippen molar-refractivity contribution in [1.29, 1.82) is 0 Å². The van der Waals surface area contributed by atoms with E-state index >= 15 is 0 Å². The number of fused-ring (bicyclic) bond motifs is 1. The van der Waals surface area contributed by atoms with E-state index in [2.05, 4.69) is 4.98 Å². The summed E-state index contributed by atoms with van der Waals surface area (Å²) in [5.74, 6) is -1.09. The third-order valence-corrected chi connectivity index (χ3v) is 4.15. The first-order valence-electron chi connectivity index (χ1n) is 7.48. The molecule has 2 rings (SSSR count). The zero-order chi connectivity index (χ0) is 19.3. The quantitative estimate of drug-likeness (QED) is 0.603. The summed E-state index contributed by atoms with van der Waals surface area (Å²) in [6.07, 6.45) is -4.57. The maximum Gasteiger partial charge on any atom is 0.405 e. The molecule has 26 heavy (non-hydrogen) atoms. The van der Waals surface area contributed by atoms with Crippen LogP contribution in [0.1, 0.15) is 6.92 Å². The first-order valence-corrected chi connectivity index (χ1v) is 8.46. The van der Waals surface area contributed by atoms with Crippen LogP contribution in [0.25, 0.3) is 10.9 Å². The molecule has 11 heteroatoms. The Morgan fingerprint density at radius 3 is 2.62 bits per heavy atom. The predicted molar refractivity (Wildman–Crippen MR) is 90.0 cm³/mol. The van der Waals surface area contributed by atoms with Crippen molar-refractivity contribution in [3.05, 3.63) is 34.6 Å². The normalized spacial score (nSPS) is 11.4. The summed E-state index contributed by atoms with van der Waals surface area (Å²) in [5.41, 5.74) is 0.206. The number of hydrogen-bond acceptors (Lipinski definition) is 5. The van der Waals surface area contributed by atoms with E-state index in [0.717, 1.165) is 11.8 Å². The van der Waals surface area contributed by atoms with Crippen molar-refractivity contribution in [2.45, 2.75) is 24.8 Å². The van der Waals surface area contributed by atoms with Gasteiger partial charge in [-0.2, -0.15) is 13.2 Å². The lowest BCUT2D eigenvalue weighted by Gasteiger charge is -2.11. The Labute approximate surface area is 150 Å². The number of alkyl halides is 3. The van der Waals surface area contributed by atoms with Gasteiger partial charge in [0.25, 0.3) is 5.56 Å². The van der Waals surface area contributed by atoms with Crippen molar-refractivity contribution in [3.8, 4) is 0 Å². The average molecular weight is 388 g/mol. The van der Waals surface area contributed by atoms with Crippen LogP contribution < -0.4 is 16.2 Å². The first kappa shape index (κ1) is 19.8. The fourth-order valence-electron chi connectivity index (χ4n) is 2.05. The van der Waals surface area contributed by atoms with Gasteiger partial charge in [0.1, 0.15) is 6.54 Å². The highest BCUT2D eigenvalue weighted by molar-refractivity contribution is 7.99. The van der Waals surface area contributed by atoms with Gasteiger partial charge in [-0.15, -0.1) is 0 Å². The van der Waals surface area contributed by atoms with E-state index in [1.54, 1.807) is 36.5 Å². The van der Waals surface area contributed by atoms with Gasteiger partial charge in [0.2, 0.25) is 5.91 Å². The highest BCUT2D eigenvalue weighted by Crippen LogP contribution is 2.17. The number of thioether (sulfide) groups is 1. The third-order valence-electron chi connectivity index (χ3n) is 3.18. The average Bonchev–Trinajstić information content (AvgIpc) is 2.58. The molecule has 0 atom stereocenters. The summed E-state index contributed by atoms with van der Waals surface area (Å²) >= 11 is 0.912. The molecule has 1 aromatic carbocycles. The molecule has 0 aliphatic heterocycles. The molecule has 0 aliphatic rings. The Kier molecular flexibility index (Phi) is 6.24. The molecule has 0 saturated carbocycles. The molecule has 0 saturated heterocycles. The summed E-state index contributed by atoms with van der Waals surface area (Å²) in [6.45, 7) is 0.528. The highest BCUT2D eigenvalue weighted by Gasteiger charge is 2.28. The Bertz CT molecular complexity index is 883. The zero-order valence-corrected chi connectivity index (χ0v) is 14.4. The number of carbonyl (C=O) groups excluding carboxylic acids is 2. The minimum atomic E-state index is -4.57. The summed E-state index contributed by atoms with van der Waals surface area (Å²) in [5, 5.41) is 4.04. The third kappa shape index (κ3) is 5.22. The van der Waals surface area contributed by atoms with Crippen LogP contribution in [0.5, 0.6) is 0 Å². The van der Waals surface area contributed by atoms with E-state index in [4.69, 9.17) is 0 Å². The second-order valence-electron chi connectivity index (χ2n) is 5.10. The van der Waals surface area contributed by atoms with Crippen LogP contribution in [0, 0.1) is 0 Å². The van der Waals surface area contributed by atoms with Crippen LogP contribution in [0.4, 0.5) is 18.0 Å². The Balaban J connectivity index is 2.04. The van der Waals surface area contributed by atoms with Crippen LogP contribution in [-0.2, 0) is 11.3 Å². The number of amides is 3. The van der Waals surface area contributed by atoms with Crippen LogP contribution in [-0.4, -0.2) is 40.0 Å². The summed E-state index contributed by atoms with van der Waals surface area (Å²) in [7, 11) is 0. The number of nitrogens with zero attached hydrogens (tertiary/aromatic N) is 2. The molecule has 0 radical (unpaired) electrons. The maximum atomic E-state index is 12.4. The lowest BCUT2D eigenvalue weighted by molar-refractivity contribution is -0.124. The van der Waals surface area contributed by atoms with Gasteiger partial charge in [0.05, 0.1) is 16.7 Å². The van der Waals surface area contributed by atoms with E-state index < -0.39 is 24.7 Å². The molecule has 0 spiro atoms. The lowest BCUT2D eigenvalue weighted by Crippen LogP contribution is -2.44. The molecule has 1 aromatic heterocycles. The minimum absolute atomic E-state index is 0.260. The van der Waals surface area contributed by atoms with Gasteiger partial charge in [0.15, 0.2) is 5.16 Å². The minimum Gasteiger partial charge on any atom is -0.329 e. The smallest absolute Gasteiger partial charge is 0.329 e. The zero-order valence-electron chi connectivity index (χ0n) is 13.6.